The Morgan fingerprint density at radius 1 is 1.48 bits per heavy atom. The van der Waals surface area contributed by atoms with Crippen LogP contribution in [0.3, 0.4) is 0 Å². The van der Waals surface area contributed by atoms with Crippen molar-refractivity contribution in [2.45, 2.75) is 58.1 Å². The first-order valence-corrected chi connectivity index (χ1v) is 8.06. The van der Waals surface area contributed by atoms with Crippen LogP contribution in [0.25, 0.3) is 0 Å². The van der Waals surface area contributed by atoms with Crippen LogP contribution >= 0.6 is 23.1 Å². The molecule has 0 N–H and O–H groups in total. The van der Waals surface area contributed by atoms with Crippen molar-refractivity contribution in [3.05, 3.63) is 10.7 Å². The molecule has 7 heteroatoms. The Morgan fingerprint density at radius 3 is 2.62 bits per heavy atom. The number of hydrogen-bond donors (Lipinski definition) is 0. The van der Waals surface area contributed by atoms with E-state index in [0.29, 0.717) is 5.00 Å². The molecule has 0 aromatic carbocycles. The summed E-state index contributed by atoms with van der Waals surface area (Å²) in [5, 5.41) is 9.88. The van der Waals surface area contributed by atoms with Crippen LogP contribution in [0, 0.1) is 11.3 Å². The number of nitriles is 1. The maximum absolute atomic E-state index is 12.6. The first kappa shape index (κ1) is 16.1. The highest BCUT2D eigenvalue weighted by molar-refractivity contribution is 7.11. The van der Waals surface area contributed by atoms with E-state index in [2.05, 4.69) is 4.37 Å². The van der Waals surface area contributed by atoms with Crippen LogP contribution in [0.15, 0.2) is 0 Å². The lowest BCUT2D eigenvalue weighted by atomic mass is 10.2. The van der Waals surface area contributed by atoms with Crippen molar-refractivity contribution in [2.24, 2.45) is 0 Å². The molecule has 0 radical (unpaired) electrons. The number of amides is 1. The third-order valence-corrected chi connectivity index (χ3v) is 4.46. The number of anilines is 1. The van der Waals surface area contributed by atoms with Gasteiger partial charge in [0.15, 0.2) is 5.15 Å². The van der Waals surface area contributed by atoms with Crippen molar-refractivity contribution in [1.82, 2.24) is 4.37 Å². The zero-order valence-electron chi connectivity index (χ0n) is 12.4. The predicted molar refractivity (Wildman–Crippen MR) is 82.8 cm³/mol. The second-order valence-corrected chi connectivity index (χ2v) is 7.16. The van der Waals surface area contributed by atoms with Gasteiger partial charge in [0.2, 0.25) is 0 Å². The molecule has 0 saturated heterocycles. The summed E-state index contributed by atoms with van der Waals surface area (Å²) in [7, 11) is 0. The van der Waals surface area contributed by atoms with E-state index in [1.807, 2.05) is 26.8 Å². The van der Waals surface area contributed by atoms with Crippen molar-refractivity contribution in [3.63, 3.8) is 0 Å². The molecule has 114 valence electrons. The highest BCUT2D eigenvalue weighted by Crippen LogP contribution is 2.37. The van der Waals surface area contributed by atoms with Gasteiger partial charge in [0, 0.05) is 6.04 Å². The van der Waals surface area contributed by atoms with Crippen LogP contribution in [0.1, 0.15) is 52.0 Å². The summed E-state index contributed by atoms with van der Waals surface area (Å²) in [6, 6.07) is 2.08. The normalized spacial score (nSPS) is 15.8. The fourth-order valence-corrected chi connectivity index (χ4v) is 3.49. The van der Waals surface area contributed by atoms with Crippen molar-refractivity contribution in [3.8, 4) is 6.07 Å². The number of carbonyl (C=O) groups is 1. The van der Waals surface area contributed by atoms with Gasteiger partial charge in [-0.3, -0.25) is 4.90 Å². The summed E-state index contributed by atoms with van der Waals surface area (Å²) >= 11 is 7.00. The van der Waals surface area contributed by atoms with Crippen LogP contribution in [-0.4, -0.2) is 22.1 Å². The van der Waals surface area contributed by atoms with Gasteiger partial charge in [-0.15, -0.1) is 0 Å². The van der Waals surface area contributed by atoms with Gasteiger partial charge in [-0.1, -0.05) is 24.4 Å². The van der Waals surface area contributed by atoms with E-state index >= 15 is 0 Å². The minimum absolute atomic E-state index is 0.0449. The first-order chi connectivity index (χ1) is 9.83. The van der Waals surface area contributed by atoms with E-state index < -0.39 is 11.7 Å². The monoisotopic (exact) mass is 327 g/mol. The van der Waals surface area contributed by atoms with Crippen LogP contribution in [0.4, 0.5) is 9.80 Å². The molecule has 0 atom stereocenters. The average molecular weight is 328 g/mol. The van der Waals surface area contributed by atoms with Crippen LogP contribution in [-0.2, 0) is 4.74 Å². The van der Waals surface area contributed by atoms with Gasteiger partial charge in [-0.25, -0.2) is 4.79 Å². The van der Waals surface area contributed by atoms with E-state index in [-0.39, 0.29) is 16.8 Å². The molecule has 21 heavy (non-hydrogen) atoms. The van der Waals surface area contributed by atoms with Crippen LogP contribution in [0.5, 0.6) is 0 Å². The minimum atomic E-state index is -0.588. The fourth-order valence-electron chi connectivity index (χ4n) is 2.39. The second-order valence-electron chi connectivity index (χ2n) is 6.05. The fraction of sp³-hybridized carbons (Fsp3) is 0.643. The predicted octanol–water partition coefficient (Wildman–Crippen LogP) is 4.35. The van der Waals surface area contributed by atoms with Gasteiger partial charge in [0.05, 0.1) is 0 Å². The highest BCUT2D eigenvalue weighted by atomic mass is 35.5. The Kier molecular flexibility index (Phi) is 4.74. The standard InChI is InChI=1S/C14H18ClN3O2S/c1-14(2,3)20-13(19)18(9-6-4-5-7-9)12-10(8-16)11(15)17-21-12/h9H,4-7H2,1-3H3. The topological polar surface area (TPSA) is 66.2 Å². The van der Waals surface area contributed by atoms with Crippen molar-refractivity contribution >= 4 is 34.2 Å². The Balaban J connectivity index is 2.36. The van der Waals surface area contributed by atoms with Gasteiger partial charge in [-0.2, -0.15) is 9.64 Å². The smallest absolute Gasteiger partial charge is 0.415 e. The third kappa shape index (κ3) is 3.66. The molecule has 1 fully saturated rings. The molecule has 1 aromatic rings. The van der Waals surface area contributed by atoms with Crippen LogP contribution < -0.4 is 4.90 Å². The molecule has 0 spiro atoms. The third-order valence-electron chi connectivity index (χ3n) is 3.24. The number of aromatic nitrogens is 1. The maximum atomic E-state index is 12.6. The molecule has 1 amide bonds. The first-order valence-electron chi connectivity index (χ1n) is 6.91. The zero-order valence-corrected chi connectivity index (χ0v) is 13.9. The van der Waals surface area contributed by atoms with E-state index in [9.17, 15) is 10.1 Å². The number of hydrogen-bond acceptors (Lipinski definition) is 5. The van der Waals surface area contributed by atoms with E-state index in [4.69, 9.17) is 16.3 Å². The summed E-state index contributed by atoms with van der Waals surface area (Å²) in [5.74, 6) is 0. The quantitative estimate of drug-likeness (QED) is 0.809. The molecule has 1 saturated carbocycles. The van der Waals surface area contributed by atoms with Gasteiger partial charge in [0.1, 0.15) is 22.2 Å². The van der Waals surface area contributed by atoms with E-state index in [1.165, 1.54) is 0 Å². The van der Waals surface area contributed by atoms with E-state index in [1.54, 1.807) is 4.90 Å². The summed E-state index contributed by atoms with van der Waals surface area (Å²) < 4.78 is 9.48. The second kappa shape index (κ2) is 6.20. The highest BCUT2D eigenvalue weighted by Gasteiger charge is 2.35. The van der Waals surface area contributed by atoms with Gasteiger partial charge in [0.25, 0.3) is 0 Å². The lowest BCUT2D eigenvalue weighted by molar-refractivity contribution is 0.0567. The maximum Gasteiger partial charge on any atom is 0.415 e. The SMILES string of the molecule is CC(C)(C)OC(=O)N(c1snc(Cl)c1C#N)C1CCCC1. The molecule has 1 aliphatic carbocycles. The number of rotatable bonds is 2. The van der Waals surface area contributed by atoms with Crippen molar-refractivity contribution < 1.29 is 9.53 Å². The van der Waals surface area contributed by atoms with Crippen molar-refractivity contribution in [1.29, 1.82) is 5.26 Å². The minimum Gasteiger partial charge on any atom is -0.443 e. The molecule has 5 nitrogen and oxygen atoms in total. The Labute approximate surface area is 133 Å². The lowest BCUT2D eigenvalue weighted by Crippen LogP contribution is -2.42. The molecule has 0 bridgehead atoms. The number of nitrogens with zero attached hydrogens (tertiary/aromatic N) is 3. The van der Waals surface area contributed by atoms with Crippen LogP contribution in [0.2, 0.25) is 5.15 Å². The molecular formula is C14H18ClN3O2S. The van der Waals surface area contributed by atoms with Gasteiger partial charge in [-0.05, 0) is 45.1 Å². The number of carbonyl (C=O) groups excluding carboxylic acids is 1. The molecule has 2 rings (SSSR count). The Morgan fingerprint density at radius 2 is 2.10 bits per heavy atom. The molecule has 1 aliphatic rings. The number of ether oxygens (including phenoxy) is 1. The van der Waals surface area contributed by atoms with Gasteiger partial charge >= 0.3 is 6.09 Å². The average Bonchev–Trinajstić information content (AvgIpc) is 2.98. The molecule has 1 heterocycles. The Hall–Kier alpha value is -1.32. The molecule has 1 aromatic heterocycles. The summed E-state index contributed by atoms with van der Waals surface area (Å²) in [4.78, 5) is 14.1. The molecule has 0 aliphatic heterocycles. The largest absolute Gasteiger partial charge is 0.443 e. The summed E-state index contributed by atoms with van der Waals surface area (Å²) in [6.45, 7) is 5.47. The summed E-state index contributed by atoms with van der Waals surface area (Å²) in [6.07, 6.45) is 3.50. The zero-order chi connectivity index (χ0) is 15.6. The molecule has 0 unspecified atom stereocenters. The van der Waals surface area contributed by atoms with E-state index in [0.717, 1.165) is 37.2 Å². The van der Waals surface area contributed by atoms with Crippen molar-refractivity contribution in [2.75, 3.05) is 4.90 Å². The number of halogens is 1. The van der Waals surface area contributed by atoms with Gasteiger partial charge < -0.3 is 4.74 Å². The Bertz CT molecular complexity index is 568. The summed E-state index contributed by atoms with van der Waals surface area (Å²) in [5.41, 5.74) is -0.339. The molecular weight excluding hydrogens is 310 g/mol. The lowest BCUT2D eigenvalue weighted by Gasteiger charge is -2.30.